The first kappa shape index (κ1) is 17.2. The molecule has 1 aromatic carbocycles. The Labute approximate surface area is 136 Å². The number of carboxylic acids is 1. The smallest absolute Gasteiger partial charge is 0.306 e. The van der Waals surface area contributed by atoms with E-state index in [-0.39, 0.29) is 30.4 Å². The van der Waals surface area contributed by atoms with Crippen molar-refractivity contribution in [1.29, 1.82) is 0 Å². The summed E-state index contributed by atoms with van der Waals surface area (Å²) < 4.78 is 0. The summed E-state index contributed by atoms with van der Waals surface area (Å²) in [6.45, 7) is 2.99. The van der Waals surface area contributed by atoms with Gasteiger partial charge in [-0.2, -0.15) is 0 Å². The average molecular weight is 317 g/mol. The zero-order chi connectivity index (χ0) is 16.8. The Morgan fingerprint density at radius 3 is 2.22 bits per heavy atom. The van der Waals surface area contributed by atoms with E-state index < -0.39 is 5.97 Å². The maximum absolute atomic E-state index is 12.1. The Morgan fingerprint density at radius 1 is 1.09 bits per heavy atom. The van der Waals surface area contributed by atoms with Crippen molar-refractivity contribution in [2.24, 2.45) is 5.92 Å². The normalized spacial score (nSPS) is 15.4. The number of aliphatic carboxylic acids is 1. The molecule has 124 valence electrons. The van der Waals surface area contributed by atoms with Crippen LogP contribution in [0, 0.1) is 5.92 Å². The summed E-state index contributed by atoms with van der Waals surface area (Å²) in [6.07, 6.45) is 2.30. The van der Waals surface area contributed by atoms with Gasteiger partial charge in [-0.3, -0.25) is 14.4 Å². The Bertz CT molecular complexity index is 571. The number of aryl methyl sites for hydroxylation is 1. The molecule has 0 radical (unpaired) electrons. The lowest BCUT2D eigenvalue weighted by atomic mass is 9.96. The zero-order valence-electron chi connectivity index (χ0n) is 13.5. The van der Waals surface area contributed by atoms with E-state index in [9.17, 15) is 14.4 Å². The number of hydrogen-bond donors (Lipinski definition) is 1. The summed E-state index contributed by atoms with van der Waals surface area (Å²) >= 11 is 0. The van der Waals surface area contributed by atoms with Crippen molar-refractivity contribution in [1.82, 2.24) is 4.90 Å². The number of amides is 1. The van der Waals surface area contributed by atoms with Crippen molar-refractivity contribution < 1.29 is 19.5 Å². The van der Waals surface area contributed by atoms with Crippen LogP contribution in [-0.4, -0.2) is 40.8 Å². The van der Waals surface area contributed by atoms with Gasteiger partial charge in [-0.1, -0.05) is 31.2 Å². The number of hydrogen-bond acceptors (Lipinski definition) is 3. The second-order valence-electron chi connectivity index (χ2n) is 5.97. The molecule has 5 heteroatoms. The van der Waals surface area contributed by atoms with Gasteiger partial charge in [0, 0.05) is 31.5 Å². The first-order valence-corrected chi connectivity index (χ1v) is 8.14. The van der Waals surface area contributed by atoms with Crippen LogP contribution in [0.3, 0.4) is 0 Å². The second kappa shape index (κ2) is 7.90. The molecule has 0 aromatic heterocycles. The van der Waals surface area contributed by atoms with E-state index in [1.165, 1.54) is 5.56 Å². The highest BCUT2D eigenvalue weighted by molar-refractivity contribution is 5.98. The molecule has 0 atom stereocenters. The molecule has 0 spiro atoms. The molecular weight excluding hydrogens is 294 g/mol. The average Bonchev–Trinajstić information content (AvgIpc) is 2.59. The lowest BCUT2D eigenvalue weighted by Crippen LogP contribution is -2.40. The number of Topliss-reactive ketones (excluding diaryl/α,β-unsaturated/α-hetero) is 1. The topological polar surface area (TPSA) is 74.7 Å². The van der Waals surface area contributed by atoms with Crippen LogP contribution >= 0.6 is 0 Å². The van der Waals surface area contributed by atoms with Crippen LogP contribution in [0.5, 0.6) is 0 Å². The van der Waals surface area contributed by atoms with Gasteiger partial charge in [0.25, 0.3) is 0 Å². The molecule has 1 N–H and O–H groups in total. The van der Waals surface area contributed by atoms with Crippen LogP contribution in [0.1, 0.15) is 48.5 Å². The number of rotatable bonds is 6. The van der Waals surface area contributed by atoms with Gasteiger partial charge in [0.05, 0.1) is 5.92 Å². The SMILES string of the molecule is CCc1ccc(C(=O)CCC(=O)N2CCC(C(=O)O)CC2)cc1. The molecule has 5 nitrogen and oxygen atoms in total. The summed E-state index contributed by atoms with van der Waals surface area (Å²) in [4.78, 5) is 36.8. The van der Waals surface area contributed by atoms with E-state index in [0.717, 1.165) is 6.42 Å². The molecule has 1 saturated heterocycles. The summed E-state index contributed by atoms with van der Waals surface area (Å²) in [5.41, 5.74) is 1.82. The number of ketones is 1. The number of nitrogens with zero attached hydrogens (tertiary/aromatic N) is 1. The molecule has 1 aromatic rings. The van der Waals surface area contributed by atoms with Crippen LogP contribution in [0.4, 0.5) is 0 Å². The van der Waals surface area contributed by atoms with Crippen molar-refractivity contribution in [3.8, 4) is 0 Å². The minimum atomic E-state index is -0.789. The maximum Gasteiger partial charge on any atom is 0.306 e. The molecule has 0 saturated carbocycles. The van der Waals surface area contributed by atoms with Gasteiger partial charge in [-0.25, -0.2) is 0 Å². The number of benzene rings is 1. The lowest BCUT2D eigenvalue weighted by Gasteiger charge is -2.30. The molecule has 0 unspecified atom stereocenters. The standard InChI is InChI=1S/C18H23NO4/c1-2-13-3-5-14(6-4-13)16(20)7-8-17(21)19-11-9-15(10-12-19)18(22)23/h3-6,15H,2,7-12H2,1H3,(H,22,23). The van der Waals surface area contributed by atoms with E-state index >= 15 is 0 Å². The van der Waals surface area contributed by atoms with Crippen LogP contribution in [0.15, 0.2) is 24.3 Å². The van der Waals surface area contributed by atoms with Gasteiger partial charge in [0.1, 0.15) is 0 Å². The lowest BCUT2D eigenvalue weighted by molar-refractivity contribution is -0.145. The minimum Gasteiger partial charge on any atom is -0.481 e. The number of carbonyl (C=O) groups excluding carboxylic acids is 2. The first-order valence-electron chi connectivity index (χ1n) is 8.14. The highest BCUT2D eigenvalue weighted by Crippen LogP contribution is 2.18. The van der Waals surface area contributed by atoms with Crippen LogP contribution in [0.25, 0.3) is 0 Å². The number of piperidine rings is 1. The molecule has 1 amide bonds. The van der Waals surface area contributed by atoms with Gasteiger partial charge in [0.2, 0.25) is 5.91 Å². The quantitative estimate of drug-likeness (QED) is 0.818. The Balaban J connectivity index is 1.79. The predicted octanol–water partition coefficient (Wildman–Crippen LogP) is 2.54. The van der Waals surface area contributed by atoms with Gasteiger partial charge < -0.3 is 10.0 Å². The molecular formula is C18H23NO4. The molecule has 1 heterocycles. The fourth-order valence-electron chi connectivity index (χ4n) is 2.83. The monoisotopic (exact) mass is 317 g/mol. The van der Waals surface area contributed by atoms with Gasteiger partial charge in [-0.15, -0.1) is 0 Å². The van der Waals surface area contributed by atoms with Crippen LogP contribution in [0.2, 0.25) is 0 Å². The predicted molar refractivity (Wildman–Crippen MR) is 86.3 cm³/mol. The molecule has 1 aliphatic heterocycles. The Morgan fingerprint density at radius 2 is 1.70 bits per heavy atom. The van der Waals surface area contributed by atoms with Crippen molar-refractivity contribution in [2.75, 3.05) is 13.1 Å². The number of likely N-dealkylation sites (tertiary alicyclic amines) is 1. The third-order valence-electron chi connectivity index (χ3n) is 4.45. The van der Waals surface area contributed by atoms with Crippen molar-refractivity contribution in [3.63, 3.8) is 0 Å². The van der Waals surface area contributed by atoms with Crippen LogP contribution in [-0.2, 0) is 16.0 Å². The molecule has 1 aliphatic rings. The number of carboxylic acid groups (broad SMARTS) is 1. The highest BCUT2D eigenvalue weighted by atomic mass is 16.4. The zero-order valence-corrected chi connectivity index (χ0v) is 13.5. The fraction of sp³-hybridized carbons (Fsp3) is 0.500. The van der Waals surface area contributed by atoms with E-state index in [4.69, 9.17) is 5.11 Å². The van der Waals surface area contributed by atoms with Gasteiger partial charge >= 0.3 is 5.97 Å². The highest BCUT2D eigenvalue weighted by Gasteiger charge is 2.26. The number of carbonyl (C=O) groups is 3. The van der Waals surface area contributed by atoms with Crippen LogP contribution < -0.4 is 0 Å². The third kappa shape index (κ3) is 4.65. The van der Waals surface area contributed by atoms with Gasteiger partial charge in [0.15, 0.2) is 5.78 Å². The summed E-state index contributed by atoms with van der Waals surface area (Å²) in [5, 5.41) is 8.95. The fourth-order valence-corrected chi connectivity index (χ4v) is 2.83. The largest absolute Gasteiger partial charge is 0.481 e. The van der Waals surface area contributed by atoms with Crippen molar-refractivity contribution >= 4 is 17.7 Å². The Hall–Kier alpha value is -2.17. The van der Waals surface area contributed by atoms with E-state index in [1.54, 1.807) is 4.90 Å². The third-order valence-corrected chi connectivity index (χ3v) is 4.45. The minimum absolute atomic E-state index is 0.0265. The molecule has 0 aliphatic carbocycles. The van der Waals surface area contributed by atoms with Crippen molar-refractivity contribution in [2.45, 2.75) is 39.0 Å². The molecule has 0 bridgehead atoms. The summed E-state index contributed by atoms with van der Waals surface area (Å²) in [5.74, 6) is -1.23. The first-order chi connectivity index (χ1) is 11.0. The maximum atomic E-state index is 12.1. The van der Waals surface area contributed by atoms with E-state index in [0.29, 0.717) is 31.5 Å². The summed E-state index contributed by atoms with van der Waals surface area (Å²) in [7, 11) is 0. The molecule has 2 rings (SSSR count). The Kier molecular flexibility index (Phi) is 5.90. The second-order valence-corrected chi connectivity index (χ2v) is 5.97. The summed E-state index contributed by atoms with van der Waals surface area (Å²) in [6, 6.07) is 7.49. The van der Waals surface area contributed by atoms with E-state index in [2.05, 4.69) is 6.92 Å². The van der Waals surface area contributed by atoms with E-state index in [1.807, 2.05) is 24.3 Å². The van der Waals surface area contributed by atoms with Gasteiger partial charge in [-0.05, 0) is 24.8 Å². The molecule has 23 heavy (non-hydrogen) atoms. The van der Waals surface area contributed by atoms with Crippen molar-refractivity contribution in [3.05, 3.63) is 35.4 Å². The molecule has 1 fully saturated rings.